The Balaban J connectivity index is 1.85. The lowest BCUT2D eigenvalue weighted by Crippen LogP contribution is -2.51. The summed E-state index contributed by atoms with van der Waals surface area (Å²) in [7, 11) is 0. The molecule has 0 aliphatic heterocycles. The Kier molecular flexibility index (Phi) is 7.25. The molecular formula is C20H28N2O6. The zero-order valence-electron chi connectivity index (χ0n) is 16.4. The maximum Gasteiger partial charge on any atom is 0.407 e. The highest BCUT2D eigenvalue weighted by atomic mass is 16.6. The molecule has 1 aliphatic rings. The molecule has 154 valence electrons. The lowest BCUT2D eigenvalue weighted by atomic mass is 9.81. The number of carbonyl (C=O) groups excluding carboxylic acids is 2. The second-order valence-electron chi connectivity index (χ2n) is 7.91. The molecule has 2 amide bonds. The predicted octanol–water partition coefficient (Wildman–Crippen LogP) is 3.06. The van der Waals surface area contributed by atoms with Crippen LogP contribution in [0.2, 0.25) is 0 Å². The molecule has 28 heavy (non-hydrogen) atoms. The highest BCUT2D eigenvalue weighted by Crippen LogP contribution is 2.26. The Hall–Kier alpha value is -2.77. The Labute approximate surface area is 164 Å². The van der Waals surface area contributed by atoms with Gasteiger partial charge >= 0.3 is 18.2 Å². The minimum Gasteiger partial charge on any atom is -0.481 e. The van der Waals surface area contributed by atoms with Crippen molar-refractivity contribution in [3.63, 3.8) is 0 Å². The molecule has 1 aromatic rings. The average Bonchev–Trinajstić information content (AvgIpc) is 2.60. The van der Waals surface area contributed by atoms with Crippen LogP contribution >= 0.6 is 0 Å². The van der Waals surface area contributed by atoms with Gasteiger partial charge in [-0.25, -0.2) is 9.59 Å². The number of hydrogen-bond acceptors (Lipinski definition) is 5. The second kappa shape index (κ2) is 9.43. The molecule has 8 nitrogen and oxygen atoms in total. The van der Waals surface area contributed by atoms with Gasteiger partial charge in [0.15, 0.2) is 0 Å². The maximum absolute atomic E-state index is 12.1. The van der Waals surface area contributed by atoms with Gasteiger partial charge < -0.3 is 25.2 Å². The summed E-state index contributed by atoms with van der Waals surface area (Å²) in [5.41, 5.74) is 0.218. The van der Waals surface area contributed by atoms with Crippen LogP contribution in [0, 0.1) is 5.92 Å². The number of aliphatic carboxylic acids is 1. The van der Waals surface area contributed by atoms with Crippen LogP contribution < -0.4 is 10.6 Å². The Morgan fingerprint density at radius 1 is 1.07 bits per heavy atom. The standard InChI is InChI=1S/C20H28N2O6/c1-20(2,3)28-19(26)21-14-9-10-16(15(11-14)17(23)24)22-18(25)27-12-13-7-5-4-6-8-13/h4-8,14-16H,9-12H2,1-3H3,(H,21,26)(H,22,25)(H,23,24). The van der Waals surface area contributed by atoms with Crippen molar-refractivity contribution in [1.82, 2.24) is 10.6 Å². The van der Waals surface area contributed by atoms with E-state index >= 15 is 0 Å². The summed E-state index contributed by atoms with van der Waals surface area (Å²) in [6.45, 7) is 5.39. The smallest absolute Gasteiger partial charge is 0.407 e. The van der Waals surface area contributed by atoms with Crippen LogP contribution in [0.5, 0.6) is 0 Å². The fourth-order valence-electron chi connectivity index (χ4n) is 3.14. The summed E-state index contributed by atoms with van der Waals surface area (Å²) in [5, 5.41) is 14.9. The highest BCUT2D eigenvalue weighted by molar-refractivity contribution is 5.74. The minimum absolute atomic E-state index is 0.111. The third kappa shape index (κ3) is 7.09. The number of hydrogen-bond donors (Lipinski definition) is 3. The van der Waals surface area contributed by atoms with Crippen LogP contribution in [-0.2, 0) is 20.9 Å². The quantitative estimate of drug-likeness (QED) is 0.710. The van der Waals surface area contributed by atoms with Gasteiger partial charge in [0.05, 0.1) is 5.92 Å². The first-order valence-corrected chi connectivity index (χ1v) is 9.33. The SMILES string of the molecule is CC(C)(C)OC(=O)NC1CCC(NC(=O)OCc2ccccc2)C(C(=O)O)C1. The molecule has 1 aliphatic carbocycles. The van der Waals surface area contributed by atoms with E-state index in [0.29, 0.717) is 12.8 Å². The topological polar surface area (TPSA) is 114 Å². The van der Waals surface area contributed by atoms with Gasteiger partial charge in [-0.1, -0.05) is 30.3 Å². The van der Waals surface area contributed by atoms with E-state index in [-0.39, 0.29) is 19.1 Å². The van der Waals surface area contributed by atoms with Crippen molar-refractivity contribution in [2.75, 3.05) is 0 Å². The highest BCUT2D eigenvalue weighted by Gasteiger charge is 2.37. The first kappa shape index (κ1) is 21.5. The zero-order valence-corrected chi connectivity index (χ0v) is 16.4. The number of ether oxygens (including phenoxy) is 2. The van der Waals surface area contributed by atoms with Crippen LogP contribution in [0.15, 0.2) is 30.3 Å². The molecule has 1 aromatic carbocycles. The number of benzene rings is 1. The Bertz CT molecular complexity index is 686. The molecule has 1 saturated carbocycles. The fourth-order valence-corrected chi connectivity index (χ4v) is 3.14. The van der Waals surface area contributed by atoms with Crippen LogP contribution in [0.3, 0.4) is 0 Å². The van der Waals surface area contributed by atoms with Gasteiger partial charge in [0.25, 0.3) is 0 Å². The summed E-state index contributed by atoms with van der Waals surface area (Å²) in [6, 6.07) is 8.34. The molecule has 8 heteroatoms. The maximum atomic E-state index is 12.1. The number of rotatable bonds is 5. The monoisotopic (exact) mass is 392 g/mol. The van der Waals surface area contributed by atoms with Crippen molar-refractivity contribution < 1.29 is 29.0 Å². The van der Waals surface area contributed by atoms with E-state index in [1.54, 1.807) is 20.8 Å². The van der Waals surface area contributed by atoms with E-state index in [2.05, 4.69) is 10.6 Å². The first-order chi connectivity index (χ1) is 13.1. The lowest BCUT2D eigenvalue weighted by Gasteiger charge is -2.34. The molecular weight excluding hydrogens is 364 g/mol. The normalized spacial score (nSPS) is 22.0. The molecule has 2 rings (SSSR count). The molecule has 0 saturated heterocycles. The van der Waals surface area contributed by atoms with Gasteiger partial charge in [-0.3, -0.25) is 4.79 Å². The van der Waals surface area contributed by atoms with Crippen LogP contribution in [0.4, 0.5) is 9.59 Å². The number of carboxylic acid groups (broad SMARTS) is 1. The molecule has 1 fully saturated rings. The summed E-state index contributed by atoms with van der Waals surface area (Å²) in [5.74, 6) is -1.85. The van der Waals surface area contributed by atoms with Crippen molar-refractivity contribution in [2.24, 2.45) is 5.92 Å². The van der Waals surface area contributed by atoms with Crippen LogP contribution in [0.25, 0.3) is 0 Å². The van der Waals surface area contributed by atoms with Gasteiger partial charge in [-0.2, -0.15) is 0 Å². The van der Waals surface area contributed by atoms with E-state index in [0.717, 1.165) is 5.56 Å². The third-order valence-electron chi connectivity index (χ3n) is 4.40. The molecule has 0 aromatic heterocycles. The molecule has 3 unspecified atom stereocenters. The Morgan fingerprint density at radius 3 is 2.36 bits per heavy atom. The summed E-state index contributed by atoms with van der Waals surface area (Å²) in [6.07, 6.45) is -0.0723. The third-order valence-corrected chi connectivity index (χ3v) is 4.40. The number of amides is 2. The zero-order chi connectivity index (χ0) is 20.7. The van der Waals surface area contributed by atoms with Crippen LogP contribution in [-0.4, -0.2) is 40.9 Å². The molecule has 0 bridgehead atoms. The summed E-state index contributed by atoms with van der Waals surface area (Å²) in [4.78, 5) is 35.6. The predicted molar refractivity (Wildman–Crippen MR) is 102 cm³/mol. The summed E-state index contributed by atoms with van der Waals surface area (Å²) < 4.78 is 10.4. The molecule has 3 atom stereocenters. The molecule has 0 heterocycles. The van der Waals surface area contributed by atoms with Crippen LogP contribution in [0.1, 0.15) is 45.6 Å². The minimum atomic E-state index is -1.02. The van der Waals surface area contributed by atoms with E-state index in [9.17, 15) is 19.5 Å². The van der Waals surface area contributed by atoms with E-state index in [1.165, 1.54) is 0 Å². The average molecular weight is 392 g/mol. The number of alkyl carbamates (subject to hydrolysis) is 2. The van der Waals surface area contributed by atoms with Gasteiger partial charge in [0.2, 0.25) is 0 Å². The first-order valence-electron chi connectivity index (χ1n) is 9.33. The van der Waals surface area contributed by atoms with Gasteiger partial charge in [0, 0.05) is 12.1 Å². The second-order valence-corrected chi connectivity index (χ2v) is 7.91. The van der Waals surface area contributed by atoms with Gasteiger partial charge in [0.1, 0.15) is 12.2 Å². The van der Waals surface area contributed by atoms with Gasteiger partial charge in [-0.05, 0) is 45.6 Å². The van der Waals surface area contributed by atoms with Crippen molar-refractivity contribution in [2.45, 2.75) is 64.3 Å². The van der Waals surface area contributed by atoms with Crippen molar-refractivity contribution in [3.8, 4) is 0 Å². The van der Waals surface area contributed by atoms with E-state index in [4.69, 9.17) is 9.47 Å². The number of nitrogens with one attached hydrogen (secondary N) is 2. The van der Waals surface area contributed by atoms with E-state index in [1.807, 2.05) is 30.3 Å². The van der Waals surface area contributed by atoms with Gasteiger partial charge in [-0.15, -0.1) is 0 Å². The fraction of sp³-hybridized carbons (Fsp3) is 0.550. The Morgan fingerprint density at radius 2 is 1.75 bits per heavy atom. The van der Waals surface area contributed by atoms with E-state index < -0.39 is 35.7 Å². The number of carbonyl (C=O) groups is 3. The summed E-state index contributed by atoms with van der Waals surface area (Å²) >= 11 is 0. The molecule has 0 radical (unpaired) electrons. The van der Waals surface area contributed by atoms with Crippen molar-refractivity contribution in [1.29, 1.82) is 0 Å². The molecule has 0 spiro atoms. The molecule has 3 N–H and O–H groups in total. The van der Waals surface area contributed by atoms with Crippen molar-refractivity contribution in [3.05, 3.63) is 35.9 Å². The largest absolute Gasteiger partial charge is 0.481 e. The number of carboxylic acids is 1. The lowest BCUT2D eigenvalue weighted by molar-refractivity contribution is -0.144. The van der Waals surface area contributed by atoms with Crippen molar-refractivity contribution >= 4 is 18.2 Å².